The first-order valence-corrected chi connectivity index (χ1v) is 6.36. The maximum absolute atomic E-state index is 12.0. The Balaban J connectivity index is 2.36. The Bertz CT molecular complexity index is 343. The van der Waals surface area contributed by atoms with Crippen LogP contribution in [0.2, 0.25) is 0 Å². The molecule has 0 N–H and O–H groups in total. The number of alkyl halides is 1. The highest BCUT2D eigenvalue weighted by molar-refractivity contribution is 5.25. The highest BCUT2D eigenvalue weighted by Crippen LogP contribution is 2.19. The smallest absolute Gasteiger partial charge is 0.113 e. The Morgan fingerprint density at radius 2 is 2.44 bits per heavy atom. The van der Waals surface area contributed by atoms with Crippen LogP contribution in [-0.4, -0.2) is 43.9 Å². The van der Waals surface area contributed by atoms with E-state index in [4.69, 9.17) is 11.2 Å². The van der Waals surface area contributed by atoms with Gasteiger partial charge < -0.3 is 4.74 Å². The van der Waals surface area contributed by atoms with E-state index in [1.807, 2.05) is 13.1 Å². The third kappa shape index (κ3) is 5.03. The van der Waals surface area contributed by atoms with E-state index in [-0.39, 0.29) is 12.7 Å². The standard InChI is InChI=1S/C15H22FNO/c1-4-10-17(3)13(2)12-14-5-7-15(8-6-14)18-11-9-16/h1,5-7,13,15H,8-12H2,2-3H3. The summed E-state index contributed by atoms with van der Waals surface area (Å²) in [5.41, 5.74) is 1.30. The molecule has 0 aliphatic heterocycles. The summed E-state index contributed by atoms with van der Waals surface area (Å²) in [5, 5.41) is 0. The predicted molar refractivity (Wildman–Crippen MR) is 73.1 cm³/mol. The van der Waals surface area contributed by atoms with E-state index in [9.17, 15) is 4.39 Å². The topological polar surface area (TPSA) is 12.5 Å². The lowest BCUT2D eigenvalue weighted by atomic mass is 9.99. The van der Waals surface area contributed by atoms with Gasteiger partial charge in [-0.1, -0.05) is 29.7 Å². The lowest BCUT2D eigenvalue weighted by molar-refractivity contribution is 0.0749. The van der Waals surface area contributed by atoms with Crippen LogP contribution in [0.5, 0.6) is 0 Å². The van der Waals surface area contributed by atoms with Crippen LogP contribution in [0.15, 0.2) is 23.8 Å². The lowest BCUT2D eigenvalue weighted by Gasteiger charge is -2.24. The molecule has 1 aliphatic carbocycles. The van der Waals surface area contributed by atoms with Crippen molar-refractivity contribution in [2.75, 3.05) is 26.9 Å². The molecule has 0 saturated carbocycles. The van der Waals surface area contributed by atoms with E-state index >= 15 is 0 Å². The zero-order valence-corrected chi connectivity index (χ0v) is 11.2. The maximum Gasteiger partial charge on any atom is 0.113 e. The van der Waals surface area contributed by atoms with Gasteiger partial charge in [0.05, 0.1) is 19.3 Å². The second kappa shape index (κ2) is 8.07. The zero-order chi connectivity index (χ0) is 13.4. The van der Waals surface area contributed by atoms with Crippen molar-refractivity contribution in [3.63, 3.8) is 0 Å². The van der Waals surface area contributed by atoms with Gasteiger partial charge in [0.15, 0.2) is 0 Å². The van der Waals surface area contributed by atoms with Crippen molar-refractivity contribution in [2.45, 2.75) is 31.9 Å². The first-order valence-electron chi connectivity index (χ1n) is 6.36. The van der Waals surface area contributed by atoms with Gasteiger partial charge in [0.1, 0.15) is 6.67 Å². The second-order valence-electron chi connectivity index (χ2n) is 4.64. The largest absolute Gasteiger partial charge is 0.371 e. The summed E-state index contributed by atoms with van der Waals surface area (Å²) in [6.07, 6.45) is 13.4. The summed E-state index contributed by atoms with van der Waals surface area (Å²) in [6.45, 7) is 2.59. The molecule has 0 radical (unpaired) electrons. The molecule has 0 saturated heterocycles. The minimum absolute atomic E-state index is 0.0308. The Labute approximate surface area is 110 Å². The second-order valence-corrected chi connectivity index (χ2v) is 4.64. The van der Waals surface area contributed by atoms with Gasteiger partial charge in [-0.15, -0.1) is 6.42 Å². The van der Waals surface area contributed by atoms with E-state index < -0.39 is 6.67 Å². The highest BCUT2D eigenvalue weighted by Gasteiger charge is 2.13. The molecule has 0 amide bonds. The average Bonchev–Trinajstić information content (AvgIpc) is 2.38. The Hall–Kier alpha value is -1.11. The van der Waals surface area contributed by atoms with E-state index in [1.165, 1.54) is 5.57 Å². The van der Waals surface area contributed by atoms with Crippen molar-refractivity contribution in [3.8, 4) is 12.3 Å². The molecule has 0 bridgehead atoms. The van der Waals surface area contributed by atoms with Crippen LogP contribution >= 0.6 is 0 Å². The lowest BCUT2D eigenvalue weighted by Crippen LogP contribution is -2.29. The van der Waals surface area contributed by atoms with Crippen molar-refractivity contribution in [1.29, 1.82) is 0 Å². The molecule has 0 aromatic heterocycles. The summed E-state index contributed by atoms with van der Waals surface area (Å²) in [5.74, 6) is 2.65. The van der Waals surface area contributed by atoms with Crippen molar-refractivity contribution in [2.24, 2.45) is 0 Å². The summed E-state index contributed by atoms with van der Waals surface area (Å²) in [7, 11) is 2.03. The molecule has 0 aromatic rings. The Kier molecular flexibility index (Phi) is 6.70. The summed E-state index contributed by atoms with van der Waals surface area (Å²) in [4.78, 5) is 2.15. The maximum atomic E-state index is 12.0. The number of allylic oxidation sites excluding steroid dienone is 1. The number of hydrogen-bond acceptors (Lipinski definition) is 2. The van der Waals surface area contributed by atoms with E-state index in [0.29, 0.717) is 12.6 Å². The third-order valence-electron chi connectivity index (χ3n) is 3.17. The molecule has 18 heavy (non-hydrogen) atoms. The molecule has 2 atom stereocenters. The number of halogens is 1. The molecule has 0 aromatic carbocycles. The first kappa shape index (κ1) is 14.9. The van der Waals surface area contributed by atoms with Crippen LogP contribution in [0, 0.1) is 12.3 Å². The first-order chi connectivity index (χ1) is 8.67. The van der Waals surface area contributed by atoms with Crippen LogP contribution in [0.1, 0.15) is 19.8 Å². The SMILES string of the molecule is C#CCN(C)C(C)CC1=CCC(OCCF)C=C1. The van der Waals surface area contributed by atoms with Gasteiger partial charge in [0, 0.05) is 6.04 Å². The molecule has 0 fully saturated rings. The van der Waals surface area contributed by atoms with Crippen molar-refractivity contribution < 1.29 is 9.13 Å². The summed E-state index contributed by atoms with van der Waals surface area (Å²) < 4.78 is 17.3. The number of ether oxygens (including phenoxy) is 1. The van der Waals surface area contributed by atoms with Gasteiger partial charge in [-0.05, 0) is 26.8 Å². The Morgan fingerprint density at radius 3 is 3.00 bits per heavy atom. The molecule has 2 nitrogen and oxygen atoms in total. The summed E-state index contributed by atoms with van der Waals surface area (Å²) in [6, 6.07) is 0.417. The van der Waals surface area contributed by atoms with Crippen molar-refractivity contribution in [1.82, 2.24) is 4.90 Å². The third-order valence-corrected chi connectivity index (χ3v) is 3.17. The number of nitrogens with zero attached hydrogens (tertiary/aromatic N) is 1. The normalized spacial score (nSPS) is 20.6. The number of terminal acetylenes is 1. The minimum atomic E-state index is -0.422. The molecule has 0 spiro atoms. The fraction of sp³-hybridized carbons (Fsp3) is 0.600. The summed E-state index contributed by atoms with van der Waals surface area (Å²) >= 11 is 0. The molecule has 100 valence electrons. The van der Waals surface area contributed by atoms with E-state index in [0.717, 1.165) is 12.8 Å². The highest BCUT2D eigenvalue weighted by atomic mass is 19.1. The van der Waals surface area contributed by atoms with Crippen LogP contribution in [-0.2, 0) is 4.74 Å². The molecule has 0 heterocycles. The Morgan fingerprint density at radius 1 is 1.67 bits per heavy atom. The predicted octanol–water partition coefficient (Wildman–Crippen LogP) is 2.57. The fourth-order valence-corrected chi connectivity index (χ4v) is 1.91. The van der Waals surface area contributed by atoms with Crippen LogP contribution < -0.4 is 0 Å². The average molecular weight is 251 g/mol. The van der Waals surface area contributed by atoms with Gasteiger partial charge in [-0.2, -0.15) is 0 Å². The van der Waals surface area contributed by atoms with Crippen LogP contribution in [0.25, 0.3) is 0 Å². The molecule has 3 heteroatoms. The zero-order valence-electron chi connectivity index (χ0n) is 11.2. The minimum Gasteiger partial charge on any atom is -0.371 e. The van der Waals surface area contributed by atoms with Crippen LogP contribution in [0.4, 0.5) is 4.39 Å². The quantitative estimate of drug-likeness (QED) is 0.645. The van der Waals surface area contributed by atoms with Gasteiger partial charge >= 0.3 is 0 Å². The van der Waals surface area contributed by atoms with Gasteiger partial charge in [-0.25, -0.2) is 4.39 Å². The number of hydrogen-bond donors (Lipinski definition) is 0. The van der Waals surface area contributed by atoms with Gasteiger partial charge in [-0.3, -0.25) is 4.90 Å². The fourth-order valence-electron chi connectivity index (χ4n) is 1.91. The van der Waals surface area contributed by atoms with Crippen molar-refractivity contribution >= 4 is 0 Å². The van der Waals surface area contributed by atoms with Gasteiger partial charge in [0.25, 0.3) is 0 Å². The molecular weight excluding hydrogens is 229 g/mol. The van der Waals surface area contributed by atoms with Crippen molar-refractivity contribution in [3.05, 3.63) is 23.8 Å². The number of rotatable bonds is 7. The monoisotopic (exact) mass is 251 g/mol. The molecule has 1 rings (SSSR count). The van der Waals surface area contributed by atoms with Crippen LogP contribution in [0.3, 0.4) is 0 Å². The van der Waals surface area contributed by atoms with Gasteiger partial charge in [0.2, 0.25) is 0 Å². The van der Waals surface area contributed by atoms with E-state index in [2.05, 4.69) is 29.9 Å². The molecule has 2 unspecified atom stereocenters. The molecule has 1 aliphatic rings. The molecular formula is C15H22FNO. The van der Waals surface area contributed by atoms with E-state index in [1.54, 1.807) is 0 Å².